The van der Waals surface area contributed by atoms with Gasteiger partial charge < -0.3 is 5.32 Å². The maximum Gasteiger partial charge on any atom is 0.115 e. The van der Waals surface area contributed by atoms with E-state index in [1.54, 1.807) is 0 Å². The monoisotopic (exact) mass is 366 g/mol. The molecule has 114 valence electrons. The first-order chi connectivity index (χ1) is 10.1. The standard InChI is InChI=1S/C17H23BrN2S/c1-5-9-19-16(13-8-7-11(3)14(18)10-13)17-20-15(6-2)12(4)21-17/h7-8,10,16,19H,5-6,9H2,1-4H3. The summed E-state index contributed by atoms with van der Waals surface area (Å²) in [6.07, 6.45) is 2.12. The van der Waals surface area contributed by atoms with Gasteiger partial charge in [0.15, 0.2) is 0 Å². The van der Waals surface area contributed by atoms with Crippen molar-refractivity contribution in [2.75, 3.05) is 6.54 Å². The fourth-order valence-electron chi connectivity index (χ4n) is 2.33. The molecule has 1 N–H and O–H groups in total. The van der Waals surface area contributed by atoms with Gasteiger partial charge in [-0.05, 0) is 50.4 Å². The van der Waals surface area contributed by atoms with Gasteiger partial charge >= 0.3 is 0 Å². The van der Waals surface area contributed by atoms with Crippen molar-refractivity contribution in [3.63, 3.8) is 0 Å². The van der Waals surface area contributed by atoms with Crippen molar-refractivity contribution in [1.82, 2.24) is 10.3 Å². The highest BCUT2D eigenvalue weighted by atomic mass is 79.9. The number of thiazole rings is 1. The summed E-state index contributed by atoms with van der Waals surface area (Å²) in [5, 5.41) is 4.81. The summed E-state index contributed by atoms with van der Waals surface area (Å²) >= 11 is 5.46. The fraction of sp³-hybridized carbons (Fsp3) is 0.471. The van der Waals surface area contributed by atoms with Gasteiger partial charge in [0.05, 0.1) is 11.7 Å². The van der Waals surface area contributed by atoms with Crippen molar-refractivity contribution in [3.05, 3.63) is 49.4 Å². The number of hydrogen-bond acceptors (Lipinski definition) is 3. The number of hydrogen-bond donors (Lipinski definition) is 1. The van der Waals surface area contributed by atoms with Crippen molar-refractivity contribution >= 4 is 27.3 Å². The van der Waals surface area contributed by atoms with E-state index in [9.17, 15) is 0 Å². The average Bonchev–Trinajstić information content (AvgIpc) is 2.84. The first-order valence-electron chi connectivity index (χ1n) is 7.52. The maximum absolute atomic E-state index is 4.85. The van der Waals surface area contributed by atoms with E-state index in [1.807, 2.05) is 11.3 Å². The lowest BCUT2D eigenvalue weighted by atomic mass is 10.1. The molecule has 0 saturated heterocycles. The second-order valence-corrected chi connectivity index (χ2v) is 7.39. The minimum atomic E-state index is 0.186. The van der Waals surface area contributed by atoms with Gasteiger partial charge in [-0.2, -0.15) is 0 Å². The molecule has 1 aromatic heterocycles. The van der Waals surface area contributed by atoms with Crippen molar-refractivity contribution < 1.29 is 0 Å². The van der Waals surface area contributed by atoms with E-state index in [0.29, 0.717) is 0 Å². The molecule has 0 saturated carbocycles. The Morgan fingerprint density at radius 2 is 2.05 bits per heavy atom. The zero-order valence-corrected chi connectivity index (χ0v) is 15.6. The Hall–Kier alpha value is -0.710. The van der Waals surface area contributed by atoms with Crippen LogP contribution in [-0.2, 0) is 6.42 Å². The topological polar surface area (TPSA) is 24.9 Å². The summed E-state index contributed by atoms with van der Waals surface area (Å²) in [5.74, 6) is 0. The maximum atomic E-state index is 4.85. The third-order valence-corrected chi connectivity index (χ3v) is 5.55. The summed E-state index contributed by atoms with van der Waals surface area (Å²) in [6.45, 7) is 9.64. The number of aromatic nitrogens is 1. The third kappa shape index (κ3) is 3.93. The molecule has 1 heterocycles. The molecule has 1 unspecified atom stereocenters. The zero-order valence-electron chi connectivity index (χ0n) is 13.2. The molecule has 0 aliphatic rings. The first kappa shape index (κ1) is 16.7. The molecule has 0 bridgehead atoms. The van der Waals surface area contributed by atoms with Gasteiger partial charge in [0.25, 0.3) is 0 Å². The molecule has 2 rings (SSSR count). The molecular formula is C17H23BrN2S. The van der Waals surface area contributed by atoms with Crippen LogP contribution in [0.15, 0.2) is 22.7 Å². The molecule has 2 nitrogen and oxygen atoms in total. The molecule has 1 aromatic carbocycles. The first-order valence-corrected chi connectivity index (χ1v) is 9.13. The summed E-state index contributed by atoms with van der Waals surface area (Å²) in [5.41, 5.74) is 3.76. The molecule has 0 radical (unpaired) electrons. The van der Waals surface area contributed by atoms with Gasteiger partial charge in [0, 0.05) is 9.35 Å². The van der Waals surface area contributed by atoms with Crippen LogP contribution < -0.4 is 5.32 Å². The van der Waals surface area contributed by atoms with Gasteiger partial charge in [-0.15, -0.1) is 11.3 Å². The lowest BCUT2D eigenvalue weighted by Crippen LogP contribution is -2.23. The van der Waals surface area contributed by atoms with Crippen LogP contribution in [0, 0.1) is 13.8 Å². The predicted octanol–water partition coefficient (Wildman–Crippen LogP) is 5.17. The molecular weight excluding hydrogens is 344 g/mol. The van der Waals surface area contributed by atoms with E-state index in [-0.39, 0.29) is 6.04 Å². The smallest absolute Gasteiger partial charge is 0.115 e. The molecule has 21 heavy (non-hydrogen) atoms. The Balaban J connectivity index is 2.38. The van der Waals surface area contributed by atoms with Crippen LogP contribution >= 0.6 is 27.3 Å². The fourth-order valence-corrected chi connectivity index (χ4v) is 3.84. The molecule has 0 amide bonds. The average molecular weight is 367 g/mol. The Bertz CT molecular complexity index is 607. The lowest BCUT2D eigenvalue weighted by molar-refractivity contribution is 0.594. The number of aryl methyl sites for hydroxylation is 3. The Kier molecular flexibility index (Phi) is 5.97. The quantitative estimate of drug-likeness (QED) is 0.762. The van der Waals surface area contributed by atoms with Crippen molar-refractivity contribution in [2.24, 2.45) is 0 Å². The molecule has 0 spiro atoms. The highest BCUT2D eigenvalue weighted by Gasteiger charge is 2.19. The number of benzene rings is 1. The Morgan fingerprint density at radius 3 is 2.62 bits per heavy atom. The summed E-state index contributed by atoms with van der Waals surface area (Å²) in [4.78, 5) is 6.19. The Labute approximate surface area is 140 Å². The minimum Gasteiger partial charge on any atom is -0.304 e. The highest BCUT2D eigenvalue weighted by molar-refractivity contribution is 9.10. The van der Waals surface area contributed by atoms with Crippen LogP contribution in [0.25, 0.3) is 0 Å². The highest BCUT2D eigenvalue weighted by Crippen LogP contribution is 2.30. The SMILES string of the molecule is CCCNC(c1ccc(C)c(Br)c1)c1nc(CC)c(C)s1. The van der Waals surface area contributed by atoms with Gasteiger partial charge in [-0.25, -0.2) is 4.98 Å². The van der Waals surface area contributed by atoms with E-state index in [4.69, 9.17) is 4.98 Å². The molecule has 2 aromatic rings. The predicted molar refractivity (Wildman–Crippen MR) is 95.2 cm³/mol. The van der Waals surface area contributed by atoms with Gasteiger partial charge in [-0.3, -0.25) is 0 Å². The normalized spacial score (nSPS) is 12.6. The van der Waals surface area contributed by atoms with Crippen LogP contribution in [0.4, 0.5) is 0 Å². The summed E-state index contributed by atoms with van der Waals surface area (Å²) in [6, 6.07) is 6.77. The van der Waals surface area contributed by atoms with Crippen molar-refractivity contribution in [3.8, 4) is 0 Å². The Morgan fingerprint density at radius 1 is 1.29 bits per heavy atom. The second kappa shape index (κ2) is 7.52. The van der Waals surface area contributed by atoms with E-state index in [0.717, 1.165) is 23.9 Å². The van der Waals surface area contributed by atoms with Gasteiger partial charge in [0.1, 0.15) is 5.01 Å². The van der Waals surface area contributed by atoms with Crippen molar-refractivity contribution in [2.45, 2.75) is 46.6 Å². The second-order valence-electron chi connectivity index (χ2n) is 5.30. The van der Waals surface area contributed by atoms with Gasteiger partial charge in [0.2, 0.25) is 0 Å². The number of nitrogens with one attached hydrogen (secondary N) is 1. The van der Waals surface area contributed by atoms with Crippen LogP contribution in [0.2, 0.25) is 0 Å². The number of nitrogens with zero attached hydrogens (tertiary/aromatic N) is 1. The molecule has 1 atom stereocenters. The minimum absolute atomic E-state index is 0.186. The zero-order chi connectivity index (χ0) is 15.4. The van der Waals surface area contributed by atoms with E-state index < -0.39 is 0 Å². The van der Waals surface area contributed by atoms with Crippen molar-refractivity contribution in [1.29, 1.82) is 0 Å². The van der Waals surface area contributed by atoms with E-state index in [1.165, 1.54) is 26.7 Å². The van der Waals surface area contributed by atoms with Crippen LogP contribution in [0.5, 0.6) is 0 Å². The summed E-state index contributed by atoms with van der Waals surface area (Å²) < 4.78 is 1.16. The largest absolute Gasteiger partial charge is 0.304 e. The summed E-state index contributed by atoms with van der Waals surface area (Å²) in [7, 11) is 0. The van der Waals surface area contributed by atoms with Crippen LogP contribution in [0.3, 0.4) is 0 Å². The molecule has 4 heteroatoms. The molecule has 0 aliphatic carbocycles. The van der Waals surface area contributed by atoms with E-state index >= 15 is 0 Å². The number of rotatable bonds is 6. The molecule has 0 fully saturated rings. The third-order valence-electron chi connectivity index (χ3n) is 3.62. The number of halogens is 1. The van der Waals surface area contributed by atoms with Crippen LogP contribution in [-0.4, -0.2) is 11.5 Å². The van der Waals surface area contributed by atoms with Crippen LogP contribution in [0.1, 0.15) is 53.0 Å². The lowest BCUT2D eigenvalue weighted by Gasteiger charge is -2.17. The van der Waals surface area contributed by atoms with Gasteiger partial charge in [-0.1, -0.05) is 41.9 Å². The van der Waals surface area contributed by atoms with E-state index in [2.05, 4.69) is 67.1 Å². The molecule has 0 aliphatic heterocycles.